The van der Waals surface area contributed by atoms with Crippen LogP contribution in [0.3, 0.4) is 0 Å². The van der Waals surface area contributed by atoms with Crippen molar-refractivity contribution in [3.63, 3.8) is 0 Å². The Morgan fingerprint density at radius 3 is 2.33 bits per heavy atom. The van der Waals surface area contributed by atoms with Gasteiger partial charge in [-0.1, -0.05) is 23.2 Å². The Morgan fingerprint density at radius 1 is 1.00 bits per heavy atom. The summed E-state index contributed by atoms with van der Waals surface area (Å²) in [7, 11) is 1.51. The van der Waals surface area contributed by atoms with Crippen LogP contribution in [-0.4, -0.2) is 46.9 Å². The van der Waals surface area contributed by atoms with Crippen LogP contribution in [0.4, 0.5) is 16.2 Å². The number of urea groups is 1. The largest absolute Gasteiger partial charge is 0.497 e. The topological polar surface area (TPSA) is 121 Å². The molecule has 2 heterocycles. The van der Waals surface area contributed by atoms with Crippen LogP contribution in [0.1, 0.15) is 16.8 Å². The Morgan fingerprint density at radius 2 is 1.69 bits per heavy atom. The van der Waals surface area contributed by atoms with Gasteiger partial charge in [-0.05, 0) is 54.6 Å². The van der Waals surface area contributed by atoms with Gasteiger partial charge in [0.15, 0.2) is 0 Å². The van der Waals surface area contributed by atoms with Gasteiger partial charge in [0.25, 0.3) is 5.91 Å². The molecule has 10 nitrogen and oxygen atoms in total. The highest BCUT2D eigenvalue weighted by Crippen LogP contribution is 2.30. The molecule has 0 spiro atoms. The monoisotopic (exact) mass is 527 g/mol. The summed E-state index contributed by atoms with van der Waals surface area (Å²) < 4.78 is 5.11. The fourth-order valence-electron chi connectivity index (χ4n) is 3.49. The number of benzene rings is 2. The molecule has 2 aromatic carbocycles. The Kier molecular flexibility index (Phi) is 7.37. The van der Waals surface area contributed by atoms with Gasteiger partial charge in [-0.2, -0.15) is 0 Å². The van der Waals surface area contributed by atoms with E-state index in [4.69, 9.17) is 27.9 Å². The summed E-state index contributed by atoms with van der Waals surface area (Å²) in [5.74, 6) is -1.43. The number of methoxy groups -OCH3 is 1. The molecule has 2 N–H and O–H groups in total. The van der Waals surface area contributed by atoms with Gasteiger partial charge >= 0.3 is 6.03 Å². The lowest BCUT2D eigenvalue weighted by Crippen LogP contribution is -2.65. The third kappa shape index (κ3) is 5.24. The number of imide groups is 1. The first kappa shape index (κ1) is 25.0. The molecule has 1 aromatic heterocycles. The molecule has 184 valence electrons. The van der Waals surface area contributed by atoms with Crippen molar-refractivity contribution in [1.82, 2.24) is 15.4 Å². The number of carbonyl (C=O) groups excluding carboxylic acids is 4. The summed E-state index contributed by atoms with van der Waals surface area (Å²) in [6, 6.07) is 11.3. The molecule has 0 radical (unpaired) electrons. The number of rotatable bonds is 6. The quantitative estimate of drug-likeness (QED) is 0.501. The van der Waals surface area contributed by atoms with Crippen LogP contribution < -0.4 is 20.4 Å². The number of hydrogen-bond donors (Lipinski definition) is 2. The van der Waals surface area contributed by atoms with E-state index in [0.717, 1.165) is 9.91 Å². The van der Waals surface area contributed by atoms with Crippen LogP contribution in [0.5, 0.6) is 5.75 Å². The number of ether oxygens (including phenoxy) is 1. The molecule has 4 rings (SSSR count). The minimum atomic E-state index is -1.34. The summed E-state index contributed by atoms with van der Waals surface area (Å²) in [5.41, 5.74) is 3.19. The normalized spacial score (nSPS) is 15.5. The molecule has 1 aliphatic rings. The molecule has 1 fully saturated rings. The molecule has 3 aromatic rings. The molecule has 1 aliphatic heterocycles. The number of anilines is 2. The standard InChI is InChI=1S/C24H19Cl2N5O5/c1-36-17-5-2-15(3-6-17)28-23(34)20-13-21(32)30(16-4-7-18(25)19(26)12-16)24(35)31(20)29-22(33)14-8-10-27-11-9-14/h2-12,20H,13H2,1H3,(H,28,34)(H,29,33)/t20-/m1/s1. The summed E-state index contributed by atoms with van der Waals surface area (Å²) in [6.45, 7) is 0. The van der Waals surface area contributed by atoms with Gasteiger partial charge in [0, 0.05) is 23.6 Å². The molecule has 5 amide bonds. The first-order valence-electron chi connectivity index (χ1n) is 10.6. The van der Waals surface area contributed by atoms with Crippen molar-refractivity contribution in [3.05, 3.63) is 82.6 Å². The van der Waals surface area contributed by atoms with Gasteiger partial charge in [0.05, 0.1) is 29.3 Å². The van der Waals surface area contributed by atoms with Gasteiger partial charge in [-0.3, -0.25) is 24.8 Å². The Balaban J connectivity index is 1.65. The van der Waals surface area contributed by atoms with Gasteiger partial charge < -0.3 is 10.1 Å². The van der Waals surface area contributed by atoms with Crippen LogP contribution in [0, 0.1) is 0 Å². The van der Waals surface area contributed by atoms with E-state index in [9.17, 15) is 19.2 Å². The second kappa shape index (κ2) is 10.6. The number of carbonyl (C=O) groups is 4. The number of hydrazine groups is 1. The van der Waals surface area contributed by atoms with Gasteiger partial charge in [-0.25, -0.2) is 14.7 Å². The maximum atomic E-state index is 13.5. The lowest BCUT2D eigenvalue weighted by molar-refractivity contribution is -0.128. The van der Waals surface area contributed by atoms with Gasteiger partial charge in [-0.15, -0.1) is 0 Å². The number of aromatic nitrogens is 1. The zero-order valence-electron chi connectivity index (χ0n) is 18.8. The lowest BCUT2D eigenvalue weighted by Gasteiger charge is -2.39. The second-order valence-electron chi connectivity index (χ2n) is 7.59. The highest BCUT2D eigenvalue weighted by molar-refractivity contribution is 6.42. The molecular weight excluding hydrogens is 509 g/mol. The molecule has 1 atom stereocenters. The van der Waals surface area contributed by atoms with E-state index in [1.807, 2.05) is 0 Å². The van der Waals surface area contributed by atoms with Crippen molar-refractivity contribution < 1.29 is 23.9 Å². The average Bonchev–Trinajstić information content (AvgIpc) is 2.88. The second-order valence-corrected chi connectivity index (χ2v) is 8.41. The number of pyridine rings is 1. The van der Waals surface area contributed by atoms with Crippen molar-refractivity contribution >= 4 is 58.3 Å². The fourth-order valence-corrected chi connectivity index (χ4v) is 3.78. The average molecular weight is 528 g/mol. The van der Waals surface area contributed by atoms with Crippen molar-refractivity contribution in [1.29, 1.82) is 0 Å². The molecule has 1 saturated heterocycles. The molecule has 0 saturated carbocycles. The molecule has 0 bridgehead atoms. The van der Waals surface area contributed by atoms with E-state index in [0.29, 0.717) is 11.4 Å². The fraction of sp³-hybridized carbons (Fsp3) is 0.125. The number of halogens is 2. The van der Waals surface area contributed by atoms with E-state index in [-0.39, 0.29) is 21.3 Å². The number of amides is 5. The Hall–Kier alpha value is -4.15. The van der Waals surface area contributed by atoms with Crippen LogP contribution in [0.2, 0.25) is 10.0 Å². The molecule has 12 heteroatoms. The highest BCUT2D eigenvalue weighted by atomic mass is 35.5. The van der Waals surface area contributed by atoms with E-state index < -0.39 is 36.2 Å². The predicted molar refractivity (Wildman–Crippen MR) is 133 cm³/mol. The Bertz CT molecular complexity index is 1320. The zero-order chi connectivity index (χ0) is 25.8. The summed E-state index contributed by atoms with van der Waals surface area (Å²) in [6.07, 6.45) is 2.41. The molecular formula is C24H19Cl2N5O5. The van der Waals surface area contributed by atoms with E-state index in [1.165, 1.54) is 49.8 Å². The summed E-state index contributed by atoms with van der Waals surface area (Å²) >= 11 is 12.0. The van der Waals surface area contributed by atoms with Crippen LogP contribution in [0.15, 0.2) is 67.0 Å². The van der Waals surface area contributed by atoms with Gasteiger partial charge in [0.1, 0.15) is 11.8 Å². The van der Waals surface area contributed by atoms with E-state index >= 15 is 0 Å². The van der Waals surface area contributed by atoms with Crippen molar-refractivity contribution in [2.24, 2.45) is 0 Å². The number of nitrogens with one attached hydrogen (secondary N) is 2. The van der Waals surface area contributed by atoms with Gasteiger partial charge in [0.2, 0.25) is 11.8 Å². The first-order valence-corrected chi connectivity index (χ1v) is 11.3. The summed E-state index contributed by atoms with van der Waals surface area (Å²) in [5, 5.41) is 3.84. The lowest BCUT2D eigenvalue weighted by atomic mass is 10.1. The third-order valence-corrected chi connectivity index (χ3v) is 6.05. The third-order valence-electron chi connectivity index (χ3n) is 5.31. The van der Waals surface area contributed by atoms with Crippen LogP contribution in [-0.2, 0) is 9.59 Å². The minimum Gasteiger partial charge on any atom is -0.497 e. The predicted octanol–water partition coefficient (Wildman–Crippen LogP) is 3.91. The highest BCUT2D eigenvalue weighted by Gasteiger charge is 2.44. The van der Waals surface area contributed by atoms with Crippen molar-refractivity contribution in [2.45, 2.75) is 12.5 Å². The summed E-state index contributed by atoms with van der Waals surface area (Å²) in [4.78, 5) is 57.2. The SMILES string of the molecule is COc1ccc(NC(=O)[C@H]2CC(=O)N(c3ccc(Cl)c(Cl)c3)C(=O)N2NC(=O)c2ccncc2)cc1. The first-order chi connectivity index (χ1) is 17.3. The van der Waals surface area contributed by atoms with E-state index in [2.05, 4.69) is 15.7 Å². The van der Waals surface area contributed by atoms with Crippen LogP contribution >= 0.6 is 23.2 Å². The van der Waals surface area contributed by atoms with Crippen LogP contribution in [0.25, 0.3) is 0 Å². The maximum Gasteiger partial charge on any atom is 0.350 e. The smallest absolute Gasteiger partial charge is 0.350 e. The minimum absolute atomic E-state index is 0.126. The molecule has 0 unspecified atom stereocenters. The van der Waals surface area contributed by atoms with E-state index in [1.54, 1.807) is 24.3 Å². The number of nitrogens with zero attached hydrogens (tertiary/aromatic N) is 3. The molecule has 0 aliphatic carbocycles. The zero-order valence-corrected chi connectivity index (χ0v) is 20.3. The maximum absolute atomic E-state index is 13.5. The number of hydrogen-bond acceptors (Lipinski definition) is 6. The Labute approximate surface area is 215 Å². The molecule has 36 heavy (non-hydrogen) atoms. The van der Waals surface area contributed by atoms with Crippen molar-refractivity contribution in [3.8, 4) is 5.75 Å². The van der Waals surface area contributed by atoms with Crippen molar-refractivity contribution in [2.75, 3.05) is 17.3 Å².